The van der Waals surface area contributed by atoms with Gasteiger partial charge in [-0.25, -0.2) is 0 Å². The van der Waals surface area contributed by atoms with E-state index in [2.05, 4.69) is 0 Å². The third-order valence-corrected chi connectivity index (χ3v) is 0. The Labute approximate surface area is 55.5 Å². The second kappa shape index (κ2) is 291. The maximum Gasteiger partial charge on any atom is 0 e. The number of rotatable bonds is 0. The van der Waals surface area contributed by atoms with Gasteiger partial charge in [0.15, 0.2) is 0 Å². The Morgan fingerprint density at radius 2 is 0.833 bits per heavy atom. The van der Waals surface area contributed by atoms with Gasteiger partial charge in [0.25, 0.3) is 0 Å². The van der Waals surface area contributed by atoms with Gasteiger partial charge >= 0.3 is 0 Å². The zero-order valence-corrected chi connectivity index (χ0v) is 6.83. The van der Waals surface area contributed by atoms with Crippen molar-refractivity contribution in [1.29, 1.82) is 0 Å². The molecule has 4 heteroatoms. The van der Waals surface area contributed by atoms with E-state index in [-0.39, 0.29) is 41.1 Å². The number of hydrogen-bond acceptors (Lipinski definition) is 0. The summed E-state index contributed by atoms with van der Waals surface area (Å²) in [7, 11) is 0. The molecule has 0 amide bonds. The van der Waals surface area contributed by atoms with Crippen LogP contribution >= 0.6 is 0 Å². The van der Waals surface area contributed by atoms with Crippen LogP contribution in [-0.2, 0) is 20.4 Å². The minimum atomic E-state index is 0. The first-order chi connectivity index (χ1) is 1.00. The van der Waals surface area contributed by atoms with Crippen LogP contribution in [0.25, 0.3) is 12.3 Å². The SMILES string of the molecule is CC.[B].[NH2-].[NH2-].[Re]. The zero-order valence-electron chi connectivity index (χ0n) is 4.11. The summed E-state index contributed by atoms with van der Waals surface area (Å²) in [4.78, 5) is 0. The van der Waals surface area contributed by atoms with E-state index in [4.69, 9.17) is 0 Å². The fourth-order valence-electron chi connectivity index (χ4n) is 0. The summed E-state index contributed by atoms with van der Waals surface area (Å²) >= 11 is 0. The summed E-state index contributed by atoms with van der Waals surface area (Å²) in [5, 5.41) is 0. The van der Waals surface area contributed by atoms with Gasteiger partial charge in [0.2, 0.25) is 0 Å². The van der Waals surface area contributed by atoms with E-state index in [9.17, 15) is 0 Å². The molecule has 0 saturated heterocycles. The zero-order chi connectivity index (χ0) is 2.00. The molecule has 40 valence electrons. The van der Waals surface area contributed by atoms with Crippen molar-refractivity contribution in [3.8, 4) is 0 Å². The summed E-state index contributed by atoms with van der Waals surface area (Å²) < 4.78 is 0. The van der Waals surface area contributed by atoms with Crippen molar-refractivity contribution in [3.63, 3.8) is 0 Å². The molecule has 0 unspecified atom stereocenters. The Hall–Kier alpha value is 0.647. The molecule has 0 saturated carbocycles. The Morgan fingerprint density at radius 3 is 0.833 bits per heavy atom. The molecule has 2 nitrogen and oxygen atoms in total. The van der Waals surface area contributed by atoms with Crippen molar-refractivity contribution >= 4 is 8.41 Å². The third kappa shape index (κ3) is 148. The summed E-state index contributed by atoms with van der Waals surface area (Å²) in [6, 6.07) is 0. The molecule has 4 radical (unpaired) electrons. The fraction of sp³-hybridized carbons (Fsp3) is 1.00. The Kier molecular flexibility index (Phi) is 3790. The molecule has 0 bridgehead atoms. The van der Waals surface area contributed by atoms with E-state index in [0.717, 1.165) is 0 Å². The van der Waals surface area contributed by atoms with E-state index in [0.29, 0.717) is 0 Å². The Morgan fingerprint density at radius 1 is 0.833 bits per heavy atom. The topological polar surface area (TPSA) is 67.0 Å². The van der Waals surface area contributed by atoms with E-state index in [1.807, 2.05) is 13.8 Å². The van der Waals surface area contributed by atoms with Crippen molar-refractivity contribution in [2.24, 2.45) is 0 Å². The Balaban J connectivity index is -0.000000000833. The van der Waals surface area contributed by atoms with Crippen LogP contribution in [0.1, 0.15) is 13.8 Å². The van der Waals surface area contributed by atoms with Crippen molar-refractivity contribution in [3.05, 3.63) is 12.3 Å². The normalized spacial score (nSPS) is 1.00. The summed E-state index contributed by atoms with van der Waals surface area (Å²) in [6.07, 6.45) is 0. The van der Waals surface area contributed by atoms with E-state index < -0.39 is 0 Å². The van der Waals surface area contributed by atoms with Crippen molar-refractivity contribution in [2.75, 3.05) is 0 Å². The molecule has 0 aliphatic rings. The second-order valence-electron chi connectivity index (χ2n) is 0. The van der Waals surface area contributed by atoms with Crippen LogP contribution in [0.15, 0.2) is 0 Å². The smallest absolute Gasteiger partial charge is 0 e. The van der Waals surface area contributed by atoms with Gasteiger partial charge in [-0.2, -0.15) is 0 Å². The first-order valence-electron chi connectivity index (χ1n) is 1.00. The molecule has 0 heterocycles. The molecule has 0 atom stereocenters. The maximum atomic E-state index is 2.00. The minimum absolute atomic E-state index is 0. The molecular weight excluding hydrogens is 249 g/mol. The average Bonchev–Trinajstić information content (AvgIpc) is 1.00. The average molecular weight is 259 g/mol. The molecule has 0 fully saturated rings. The first kappa shape index (κ1) is 78.1. The monoisotopic (exact) mass is 260 g/mol. The summed E-state index contributed by atoms with van der Waals surface area (Å²) in [6.45, 7) is 4.00. The quantitative estimate of drug-likeness (QED) is 0.598. The van der Waals surface area contributed by atoms with Crippen LogP contribution in [0.3, 0.4) is 0 Å². The van der Waals surface area contributed by atoms with Gasteiger partial charge < -0.3 is 12.3 Å². The van der Waals surface area contributed by atoms with Crippen molar-refractivity contribution in [1.82, 2.24) is 0 Å². The molecule has 0 aliphatic heterocycles. The molecule has 0 rings (SSSR count). The Bertz CT molecular complexity index is 11.5. The second-order valence-corrected chi connectivity index (χ2v) is 0. The van der Waals surface area contributed by atoms with Crippen LogP contribution in [0, 0.1) is 0 Å². The van der Waals surface area contributed by atoms with Crippen LogP contribution in [0.5, 0.6) is 0 Å². The van der Waals surface area contributed by atoms with Crippen molar-refractivity contribution in [2.45, 2.75) is 13.8 Å². The van der Waals surface area contributed by atoms with Gasteiger partial charge in [0, 0.05) is 28.8 Å². The number of nitrogens with two attached hydrogens (primary N) is 2. The minimum Gasteiger partial charge on any atom is -0.693 e. The van der Waals surface area contributed by atoms with E-state index in [1.54, 1.807) is 0 Å². The maximum absolute atomic E-state index is 2.00. The molecule has 6 heavy (non-hydrogen) atoms. The van der Waals surface area contributed by atoms with Crippen LogP contribution in [0.2, 0.25) is 0 Å². The molecule has 4 N–H and O–H groups in total. The van der Waals surface area contributed by atoms with Crippen LogP contribution in [0.4, 0.5) is 0 Å². The first-order valence-corrected chi connectivity index (χ1v) is 1.00. The van der Waals surface area contributed by atoms with Crippen molar-refractivity contribution < 1.29 is 20.4 Å². The number of hydrogen-bond donors (Lipinski definition) is 0. The predicted molar refractivity (Wildman–Crippen MR) is 27.7 cm³/mol. The largest absolute Gasteiger partial charge is 0.693 e. The standard InChI is InChI=1S/C2H6.B.2H2N.Re/c1-2;;;;/h1-2H3;;2*1H2;/q;;2*-1;. The fourth-order valence-corrected chi connectivity index (χ4v) is 0. The summed E-state index contributed by atoms with van der Waals surface area (Å²) in [5.74, 6) is 0. The third-order valence-electron chi connectivity index (χ3n) is 0. The van der Waals surface area contributed by atoms with Gasteiger partial charge in [0.05, 0.1) is 0 Å². The van der Waals surface area contributed by atoms with Gasteiger partial charge in [-0.05, 0) is 0 Å². The molecule has 0 aromatic heterocycles. The summed E-state index contributed by atoms with van der Waals surface area (Å²) in [5.41, 5.74) is 0. The molecule has 0 aromatic rings. The molecule has 0 aromatic carbocycles. The van der Waals surface area contributed by atoms with E-state index >= 15 is 0 Å². The van der Waals surface area contributed by atoms with Gasteiger partial charge in [0.1, 0.15) is 0 Å². The van der Waals surface area contributed by atoms with E-state index in [1.165, 1.54) is 0 Å². The van der Waals surface area contributed by atoms with Gasteiger partial charge in [-0.3, -0.25) is 0 Å². The molecule has 0 spiro atoms. The van der Waals surface area contributed by atoms with Gasteiger partial charge in [-0.15, -0.1) is 0 Å². The van der Waals surface area contributed by atoms with Gasteiger partial charge in [-0.1, -0.05) is 13.8 Å². The van der Waals surface area contributed by atoms with Crippen LogP contribution in [-0.4, -0.2) is 8.41 Å². The van der Waals surface area contributed by atoms with Crippen LogP contribution < -0.4 is 0 Å². The molecular formula is C2H10BN2Re-2. The molecule has 0 aliphatic carbocycles. The predicted octanol–water partition coefficient (Wildman–Crippen LogP) is 2.08.